The number of aromatic nitrogens is 1. The molecule has 1 unspecified atom stereocenters. The van der Waals surface area contributed by atoms with Gasteiger partial charge < -0.3 is 25.8 Å². The molecule has 5 rings (SSSR count). The summed E-state index contributed by atoms with van der Waals surface area (Å²) in [6, 6.07) is 10.0. The molecule has 0 bridgehead atoms. The molecule has 2 aromatic carbocycles. The Morgan fingerprint density at radius 1 is 1.30 bits per heavy atom. The van der Waals surface area contributed by atoms with E-state index in [9.17, 15) is 24.2 Å². The van der Waals surface area contributed by atoms with Gasteiger partial charge in [0.1, 0.15) is 17.7 Å². The van der Waals surface area contributed by atoms with E-state index in [1.54, 1.807) is 35.2 Å². The molecule has 0 radical (unpaired) electrons. The summed E-state index contributed by atoms with van der Waals surface area (Å²) in [6.45, 7) is 3.79. The van der Waals surface area contributed by atoms with Gasteiger partial charge in [0.15, 0.2) is 0 Å². The number of nitrogens with one attached hydrogen (secondary N) is 3. The van der Waals surface area contributed by atoms with Crippen molar-refractivity contribution in [1.29, 1.82) is 0 Å². The number of likely N-dealkylation sites (tertiary alicyclic amines) is 1. The molecule has 4 atom stereocenters. The molecule has 2 aliphatic heterocycles. The van der Waals surface area contributed by atoms with Crippen LogP contribution in [0.5, 0.6) is 0 Å². The van der Waals surface area contributed by atoms with Gasteiger partial charge in [-0.3, -0.25) is 14.5 Å². The van der Waals surface area contributed by atoms with Crippen molar-refractivity contribution >= 4 is 40.0 Å². The summed E-state index contributed by atoms with van der Waals surface area (Å²) in [6.07, 6.45) is -0.484. The molecular weight excluding hydrogens is 499 g/mol. The Morgan fingerprint density at radius 3 is 2.76 bits per heavy atom. The number of aliphatic hydroxyl groups excluding tert-OH is 2. The number of H-pyrrole nitrogens is 1. The highest BCUT2D eigenvalue weighted by Gasteiger charge is 2.57. The van der Waals surface area contributed by atoms with E-state index in [-0.39, 0.29) is 37.1 Å². The van der Waals surface area contributed by atoms with Crippen LogP contribution in [0.25, 0.3) is 10.9 Å². The van der Waals surface area contributed by atoms with Crippen LogP contribution < -0.4 is 10.6 Å². The van der Waals surface area contributed by atoms with Gasteiger partial charge in [-0.2, -0.15) is 0 Å². The maximum Gasteiger partial charge on any atom is 0.268 e. The molecule has 8 nitrogen and oxygen atoms in total. The second-order valence-corrected chi connectivity index (χ2v) is 10.8. The van der Waals surface area contributed by atoms with Crippen LogP contribution in [0.1, 0.15) is 42.7 Å². The van der Waals surface area contributed by atoms with E-state index in [4.69, 9.17) is 11.6 Å². The van der Waals surface area contributed by atoms with E-state index in [0.717, 1.165) is 0 Å². The van der Waals surface area contributed by atoms with Crippen molar-refractivity contribution in [3.63, 3.8) is 0 Å². The first-order chi connectivity index (χ1) is 17.6. The molecule has 1 saturated heterocycles. The Kier molecular flexibility index (Phi) is 6.74. The predicted octanol–water partition coefficient (Wildman–Crippen LogP) is 3.38. The molecular formula is C27H30ClFN4O4. The topological polar surface area (TPSA) is 118 Å². The van der Waals surface area contributed by atoms with Gasteiger partial charge in [-0.1, -0.05) is 37.6 Å². The third-order valence-electron chi connectivity index (χ3n) is 7.49. The van der Waals surface area contributed by atoms with Crippen molar-refractivity contribution < 1.29 is 24.2 Å². The molecule has 3 aromatic rings. The lowest BCUT2D eigenvalue weighted by Crippen LogP contribution is -2.55. The van der Waals surface area contributed by atoms with Crippen LogP contribution in [0, 0.1) is 11.7 Å². The van der Waals surface area contributed by atoms with Crippen LogP contribution in [-0.4, -0.2) is 63.4 Å². The minimum absolute atomic E-state index is 0.120. The largest absolute Gasteiger partial charge is 0.395 e. The van der Waals surface area contributed by atoms with Gasteiger partial charge in [0, 0.05) is 39.8 Å². The highest BCUT2D eigenvalue weighted by Crippen LogP contribution is 2.49. The number of fused-ring (bicyclic) bond motifs is 3. The number of halogens is 2. The van der Waals surface area contributed by atoms with E-state index in [0.29, 0.717) is 33.6 Å². The van der Waals surface area contributed by atoms with Gasteiger partial charge >= 0.3 is 0 Å². The summed E-state index contributed by atoms with van der Waals surface area (Å²) in [5.41, 5.74) is 0.940. The molecule has 1 aromatic heterocycles. The van der Waals surface area contributed by atoms with Crippen molar-refractivity contribution in [2.24, 2.45) is 5.92 Å². The Hall–Kier alpha value is -2.98. The number of amides is 2. The molecule has 1 fully saturated rings. The third kappa shape index (κ3) is 4.40. The molecule has 3 heterocycles. The van der Waals surface area contributed by atoms with Gasteiger partial charge in [0.05, 0.1) is 18.1 Å². The summed E-state index contributed by atoms with van der Waals surface area (Å²) in [4.78, 5) is 31.0. The number of carbonyl (C=O) groups is 2. The van der Waals surface area contributed by atoms with E-state index < -0.39 is 35.5 Å². The molecule has 0 saturated carbocycles. The lowest BCUT2D eigenvalue weighted by Gasteiger charge is -2.35. The van der Waals surface area contributed by atoms with E-state index in [1.807, 2.05) is 13.8 Å². The lowest BCUT2D eigenvalue weighted by molar-refractivity contribution is -0.120. The van der Waals surface area contributed by atoms with E-state index in [2.05, 4.69) is 15.6 Å². The van der Waals surface area contributed by atoms with Gasteiger partial charge in [-0.25, -0.2) is 4.39 Å². The first-order valence-corrected chi connectivity index (χ1v) is 12.8. The fraction of sp³-hybridized carbons (Fsp3) is 0.407. The Balaban J connectivity index is 1.43. The van der Waals surface area contributed by atoms with Gasteiger partial charge in [-0.05, 0) is 49.1 Å². The van der Waals surface area contributed by atoms with E-state index in [1.165, 1.54) is 12.1 Å². The molecule has 37 heavy (non-hydrogen) atoms. The molecule has 2 amide bonds. The molecule has 5 N–H and O–H groups in total. The number of anilines is 1. The highest BCUT2D eigenvalue weighted by molar-refractivity contribution is 6.33. The zero-order valence-corrected chi connectivity index (χ0v) is 21.3. The van der Waals surface area contributed by atoms with Crippen LogP contribution >= 0.6 is 11.6 Å². The molecule has 1 spiro atoms. The number of hydrogen-bond acceptors (Lipinski definition) is 5. The van der Waals surface area contributed by atoms with Gasteiger partial charge in [0.2, 0.25) is 5.91 Å². The minimum Gasteiger partial charge on any atom is -0.395 e. The quantitative estimate of drug-likeness (QED) is 0.322. The third-order valence-corrected chi connectivity index (χ3v) is 7.80. The standard InChI is InChI=1S/C27H30ClFN4O4/c1-14(2)9-22(31-24(35)21-10-16-18(29)6-4-7-19(16)30-21)25(36)33-13-27(11-15(33)12-34)23-17(28)5-3-8-20(23)32-26(27)37/h3-8,10,14-15,22,25,30,34,36H,9,11-13H2,1-2H3,(H,31,35)(H,32,37)/t15-,22-,25?,27-/m0/s1. The highest BCUT2D eigenvalue weighted by atomic mass is 35.5. The number of hydrogen-bond donors (Lipinski definition) is 5. The van der Waals surface area contributed by atoms with Crippen molar-refractivity contribution in [1.82, 2.24) is 15.2 Å². The Morgan fingerprint density at radius 2 is 2.05 bits per heavy atom. The maximum atomic E-state index is 14.2. The van der Waals surface area contributed by atoms with Crippen molar-refractivity contribution in [2.75, 3.05) is 18.5 Å². The zero-order valence-electron chi connectivity index (χ0n) is 20.6. The zero-order chi connectivity index (χ0) is 26.5. The smallest absolute Gasteiger partial charge is 0.268 e. The average molecular weight is 529 g/mol. The van der Waals surface area contributed by atoms with Crippen LogP contribution in [0.4, 0.5) is 10.1 Å². The average Bonchev–Trinajstić information content (AvgIpc) is 3.53. The van der Waals surface area contributed by atoms with Crippen LogP contribution in [0.2, 0.25) is 5.02 Å². The number of carbonyl (C=O) groups excluding carboxylic acids is 2. The van der Waals surface area contributed by atoms with Crippen LogP contribution in [0.15, 0.2) is 42.5 Å². The SMILES string of the molecule is CC(C)C[C@H](NC(=O)c1cc2c(F)cccc2[nH]1)C(O)N1C[C@]2(C[C@H]1CO)C(=O)Nc1cccc(Cl)c12. The number of nitrogens with zero attached hydrogens (tertiary/aromatic N) is 1. The summed E-state index contributed by atoms with van der Waals surface area (Å²) in [5.74, 6) is -1.03. The van der Waals surface area contributed by atoms with Crippen LogP contribution in [-0.2, 0) is 10.2 Å². The second-order valence-electron chi connectivity index (χ2n) is 10.4. The van der Waals surface area contributed by atoms with Crippen LogP contribution in [0.3, 0.4) is 0 Å². The molecule has 10 heteroatoms. The number of benzene rings is 2. The fourth-order valence-electron chi connectivity index (χ4n) is 5.80. The normalized spacial score (nSPS) is 23.0. The number of rotatable bonds is 7. The summed E-state index contributed by atoms with van der Waals surface area (Å²) in [5, 5.41) is 28.3. The van der Waals surface area contributed by atoms with Crippen molar-refractivity contribution in [2.45, 2.75) is 50.4 Å². The Labute approximate surface area is 218 Å². The second kappa shape index (κ2) is 9.72. The number of aromatic amines is 1. The molecule has 196 valence electrons. The lowest BCUT2D eigenvalue weighted by atomic mass is 9.79. The number of aliphatic hydroxyl groups is 2. The van der Waals surface area contributed by atoms with Crippen molar-refractivity contribution in [3.8, 4) is 0 Å². The predicted molar refractivity (Wildman–Crippen MR) is 139 cm³/mol. The Bertz CT molecular complexity index is 1360. The van der Waals surface area contributed by atoms with E-state index >= 15 is 0 Å². The minimum atomic E-state index is -1.19. The monoisotopic (exact) mass is 528 g/mol. The summed E-state index contributed by atoms with van der Waals surface area (Å²) < 4.78 is 14.2. The summed E-state index contributed by atoms with van der Waals surface area (Å²) >= 11 is 6.51. The first-order valence-electron chi connectivity index (χ1n) is 12.4. The fourth-order valence-corrected chi connectivity index (χ4v) is 6.16. The van der Waals surface area contributed by atoms with Gasteiger partial charge in [0.25, 0.3) is 5.91 Å². The van der Waals surface area contributed by atoms with Gasteiger partial charge in [-0.15, -0.1) is 0 Å². The van der Waals surface area contributed by atoms with Crippen molar-refractivity contribution in [3.05, 3.63) is 64.6 Å². The first kappa shape index (κ1) is 25.7. The molecule has 2 aliphatic rings. The maximum absolute atomic E-state index is 14.2. The summed E-state index contributed by atoms with van der Waals surface area (Å²) in [7, 11) is 0. The molecule has 0 aliphatic carbocycles.